The third-order valence-corrected chi connectivity index (χ3v) is 4.52. The second-order valence-electron chi connectivity index (χ2n) is 6.26. The molecule has 0 atom stereocenters. The lowest BCUT2D eigenvalue weighted by Crippen LogP contribution is -2.50. The highest BCUT2D eigenvalue weighted by atomic mass is 16.2. The Balaban J connectivity index is 1.41. The second-order valence-corrected chi connectivity index (χ2v) is 6.26. The average molecular weight is 352 g/mol. The molecule has 2 amide bonds. The van der Waals surface area contributed by atoms with Crippen molar-refractivity contribution >= 4 is 28.7 Å². The third kappa shape index (κ3) is 3.03. The fourth-order valence-corrected chi connectivity index (χ4v) is 3.14. The van der Waals surface area contributed by atoms with E-state index in [1.165, 1.54) is 0 Å². The molecule has 134 valence electrons. The summed E-state index contributed by atoms with van der Waals surface area (Å²) in [6.45, 7) is 4.57. The first-order valence-corrected chi connectivity index (χ1v) is 8.49. The van der Waals surface area contributed by atoms with Gasteiger partial charge in [-0.3, -0.25) is 4.68 Å². The van der Waals surface area contributed by atoms with E-state index in [2.05, 4.69) is 30.3 Å². The van der Waals surface area contributed by atoms with Gasteiger partial charge in [-0.05, 0) is 19.1 Å². The molecule has 0 aromatic carbocycles. The highest BCUT2D eigenvalue weighted by Gasteiger charge is 2.22. The van der Waals surface area contributed by atoms with Crippen molar-refractivity contribution < 1.29 is 4.79 Å². The minimum Gasteiger partial charge on any atom is -0.337 e. The summed E-state index contributed by atoms with van der Waals surface area (Å²) < 4.78 is 1.74. The number of amides is 2. The Kier molecular flexibility index (Phi) is 4.11. The maximum atomic E-state index is 12.6. The quantitative estimate of drug-likeness (QED) is 0.750. The lowest BCUT2D eigenvalue weighted by molar-refractivity contribution is 0.208. The molecule has 1 N–H and O–H groups in total. The largest absolute Gasteiger partial charge is 0.337 e. The van der Waals surface area contributed by atoms with Crippen molar-refractivity contribution in [1.29, 1.82) is 0 Å². The van der Waals surface area contributed by atoms with E-state index in [1.807, 2.05) is 20.0 Å². The number of carbonyl (C=O) groups excluding carboxylic acids is 1. The van der Waals surface area contributed by atoms with E-state index in [4.69, 9.17) is 0 Å². The number of pyridine rings is 1. The molecule has 0 unspecified atom stereocenters. The molecule has 1 saturated heterocycles. The molecule has 9 nitrogen and oxygen atoms in total. The minimum absolute atomic E-state index is 0.124. The predicted octanol–water partition coefficient (Wildman–Crippen LogP) is 1.42. The maximum absolute atomic E-state index is 12.6. The molecule has 1 aliphatic heterocycles. The van der Waals surface area contributed by atoms with Crippen LogP contribution in [0.1, 0.15) is 5.69 Å². The van der Waals surface area contributed by atoms with Crippen LogP contribution < -0.4 is 10.2 Å². The number of rotatable bonds is 2. The molecule has 0 saturated carbocycles. The first kappa shape index (κ1) is 16.2. The van der Waals surface area contributed by atoms with Gasteiger partial charge < -0.3 is 15.1 Å². The van der Waals surface area contributed by atoms with Crippen LogP contribution in [-0.2, 0) is 7.05 Å². The van der Waals surface area contributed by atoms with Crippen molar-refractivity contribution in [1.82, 2.24) is 29.6 Å². The van der Waals surface area contributed by atoms with Gasteiger partial charge in [-0.25, -0.2) is 19.7 Å². The van der Waals surface area contributed by atoms with Crippen LogP contribution in [0.5, 0.6) is 0 Å². The van der Waals surface area contributed by atoms with Gasteiger partial charge in [-0.15, -0.1) is 0 Å². The van der Waals surface area contributed by atoms with Gasteiger partial charge in [-0.1, -0.05) is 0 Å². The zero-order valence-corrected chi connectivity index (χ0v) is 14.8. The molecule has 26 heavy (non-hydrogen) atoms. The van der Waals surface area contributed by atoms with Gasteiger partial charge >= 0.3 is 6.03 Å². The van der Waals surface area contributed by atoms with Crippen molar-refractivity contribution in [3.63, 3.8) is 0 Å². The fraction of sp³-hybridized carbons (Fsp3) is 0.353. The molecule has 0 radical (unpaired) electrons. The van der Waals surface area contributed by atoms with E-state index in [9.17, 15) is 4.79 Å². The first-order chi connectivity index (χ1) is 12.6. The monoisotopic (exact) mass is 352 g/mol. The van der Waals surface area contributed by atoms with Crippen LogP contribution in [0.4, 0.5) is 16.4 Å². The molecule has 0 aliphatic carbocycles. The SMILES string of the molecule is Cc1nn(C)c2ncc(NC(=O)N3CCN(c4ncccn4)CC3)cc12. The minimum atomic E-state index is -0.124. The Labute approximate surface area is 150 Å². The molecule has 4 rings (SSSR count). The molecule has 3 aromatic heterocycles. The second kappa shape index (κ2) is 6.58. The van der Waals surface area contributed by atoms with Gasteiger partial charge in [0, 0.05) is 51.0 Å². The van der Waals surface area contributed by atoms with Gasteiger partial charge in [0.15, 0.2) is 5.65 Å². The summed E-state index contributed by atoms with van der Waals surface area (Å²) in [5.41, 5.74) is 2.37. The summed E-state index contributed by atoms with van der Waals surface area (Å²) in [5, 5.41) is 8.22. The van der Waals surface area contributed by atoms with Crippen molar-refractivity contribution in [2.24, 2.45) is 7.05 Å². The molecular formula is C17H20N8O. The van der Waals surface area contributed by atoms with E-state index in [-0.39, 0.29) is 6.03 Å². The zero-order chi connectivity index (χ0) is 18.1. The summed E-state index contributed by atoms with van der Waals surface area (Å²) >= 11 is 0. The van der Waals surface area contributed by atoms with E-state index in [0.717, 1.165) is 16.7 Å². The molecule has 4 heterocycles. The number of hydrogen-bond acceptors (Lipinski definition) is 6. The zero-order valence-electron chi connectivity index (χ0n) is 14.8. The Morgan fingerprint density at radius 2 is 1.85 bits per heavy atom. The Bertz CT molecular complexity index is 931. The molecular weight excluding hydrogens is 332 g/mol. The number of urea groups is 1. The summed E-state index contributed by atoms with van der Waals surface area (Å²) in [6.07, 6.45) is 5.12. The Hall–Kier alpha value is -3.23. The maximum Gasteiger partial charge on any atom is 0.322 e. The number of fused-ring (bicyclic) bond motifs is 1. The number of hydrogen-bond donors (Lipinski definition) is 1. The van der Waals surface area contributed by atoms with E-state index >= 15 is 0 Å². The van der Waals surface area contributed by atoms with E-state index in [0.29, 0.717) is 37.8 Å². The average Bonchev–Trinajstić information content (AvgIpc) is 2.96. The third-order valence-electron chi connectivity index (χ3n) is 4.52. The van der Waals surface area contributed by atoms with Gasteiger partial charge in [0.05, 0.1) is 17.6 Å². The van der Waals surface area contributed by atoms with Crippen LogP contribution in [0.25, 0.3) is 11.0 Å². The number of carbonyl (C=O) groups is 1. The van der Waals surface area contributed by atoms with Crippen molar-refractivity contribution in [3.05, 3.63) is 36.4 Å². The van der Waals surface area contributed by atoms with Gasteiger partial charge in [-0.2, -0.15) is 5.10 Å². The molecule has 1 fully saturated rings. The number of piperazine rings is 1. The van der Waals surface area contributed by atoms with Crippen molar-refractivity contribution in [2.75, 3.05) is 36.4 Å². The summed E-state index contributed by atoms with van der Waals surface area (Å²) in [6, 6.07) is 3.58. The van der Waals surface area contributed by atoms with Gasteiger partial charge in [0.2, 0.25) is 5.95 Å². The first-order valence-electron chi connectivity index (χ1n) is 8.49. The number of nitrogens with zero attached hydrogens (tertiary/aromatic N) is 7. The topological polar surface area (TPSA) is 92.1 Å². The Morgan fingerprint density at radius 1 is 1.12 bits per heavy atom. The van der Waals surface area contributed by atoms with Crippen molar-refractivity contribution in [3.8, 4) is 0 Å². The standard InChI is InChI=1S/C17H20N8O/c1-12-14-10-13(11-20-15(14)23(2)22-12)21-17(26)25-8-6-24(7-9-25)16-18-4-3-5-19-16/h3-5,10-11H,6-9H2,1-2H3,(H,21,26). The molecule has 3 aromatic rings. The summed E-state index contributed by atoms with van der Waals surface area (Å²) in [5.74, 6) is 0.703. The molecule has 9 heteroatoms. The van der Waals surface area contributed by atoms with E-state index < -0.39 is 0 Å². The lowest BCUT2D eigenvalue weighted by atomic mass is 10.2. The summed E-state index contributed by atoms with van der Waals surface area (Å²) in [7, 11) is 1.86. The smallest absolute Gasteiger partial charge is 0.322 e. The van der Waals surface area contributed by atoms with Gasteiger partial charge in [0.1, 0.15) is 0 Å². The van der Waals surface area contributed by atoms with Crippen molar-refractivity contribution in [2.45, 2.75) is 6.92 Å². The number of aryl methyl sites for hydroxylation is 2. The predicted molar refractivity (Wildman–Crippen MR) is 98.1 cm³/mol. The molecule has 0 bridgehead atoms. The normalized spacial score (nSPS) is 14.7. The van der Waals surface area contributed by atoms with Crippen LogP contribution in [0.2, 0.25) is 0 Å². The van der Waals surface area contributed by atoms with Crippen LogP contribution in [0.15, 0.2) is 30.7 Å². The molecule has 0 spiro atoms. The number of nitrogens with one attached hydrogen (secondary N) is 1. The number of anilines is 2. The fourth-order valence-electron chi connectivity index (χ4n) is 3.14. The molecule has 1 aliphatic rings. The summed E-state index contributed by atoms with van der Waals surface area (Å²) in [4.78, 5) is 29.3. The van der Waals surface area contributed by atoms with Crippen LogP contribution >= 0.6 is 0 Å². The van der Waals surface area contributed by atoms with Crippen LogP contribution in [0, 0.1) is 6.92 Å². The highest BCUT2D eigenvalue weighted by Crippen LogP contribution is 2.20. The highest BCUT2D eigenvalue weighted by molar-refractivity contribution is 5.92. The lowest BCUT2D eigenvalue weighted by Gasteiger charge is -2.34. The van der Waals surface area contributed by atoms with Gasteiger partial charge in [0.25, 0.3) is 0 Å². The Morgan fingerprint density at radius 3 is 2.58 bits per heavy atom. The van der Waals surface area contributed by atoms with Crippen LogP contribution in [-0.4, -0.2) is 61.8 Å². The van der Waals surface area contributed by atoms with Crippen LogP contribution in [0.3, 0.4) is 0 Å². The number of aromatic nitrogens is 5. The van der Waals surface area contributed by atoms with E-state index in [1.54, 1.807) is 34.2 Å².